The lowest BCUT2D eigenvalue weighted by atomic mass is 10.1. The van der Waals surface area contributed by atoms with Crippen molar-refractivity contribution in [3.63, 3.8) is 0 Å². The van der Waals surface area contributed by atoms with E-state index in [9.17, 15) is 14.4 Å². The molecule has 0 N–H and O–H groups in total. The predicted octanol–water partition coefficient (Wildman–Crippen LogP) is 3.37. The summed E-state index contributed by atoms with van der Waals surface area (Å²) in [6, 6.07) is 11.2. The van der Waals surface area contributed by atoms with E-state index < -0.39 is 30.2 Å². The van der Waals surface area contributed by atoms with Crippen molar-refractivity contribution in [3.8, 4) is 11.5 Å². The van der Waals surface area contributed by atoms with Gasteiger partial charge in [0.1, 0.15) is 11.5 Å². The Bertz CT molecular complexity index is 911. The van der Waals surface area contributed by atoms with Gasteiger partial charge < -0.3 is 9.47 Å². The van der Waals surface area contributed by atoms with Crippen molar-refractivity contribution in [3.05, 3.63) is 58.6 Å². The van der Waals surface area contributed by atoms with Crippen LogP contribution in [0.4, 0.5) is 0 Å². The van der Waals surface area contributed by atoms with Gasteiger partial charge in [-0.15, -0.1) is 0 Å². The van der Waals surface area contributed by atoms with Crippen molar-refractivity contribution < 1.29 is 23.9 Å². The van der Waals surface area contributed by atoms with Gasteiger partial charge in [-0.1, -0.05) is 23.7 Å². The molecular formula is C20H18ClNO5. The SMILES string of the molecule is CCOc1ccc(C(=O)CN2C(=O)c3ccccc3O[C@@H](C)C2=O)cc1Cl. The highest BCUT2D eigenvalue weighted by atomic mass is 35.5. The highest BCUT2D eigenvalue weighted by Crippen LogP contribution is 2.27. The molecule has 140 valence electrons. The van der Waals surface area contributed by atoms with Gasteiger partial charge in [-0.25, -0.2) is 0 Å². The van der Waals surface area contributed by atoms with Gasteiger partial charge in [0.25, 0.3) is 11.8 Å². The number of fused-ring (bicyclic) bond motifs is 1. The Kier molecular flexibility index (Phi) is 5.46. The number of benzene rings is 2. The van der Waals surface area contributed by atoms with Crippen molar-refractivity contribution >= 4 is 29.2 Å². The maximum Gasteiger partial charge on any atom is 0.270 e. The first-order valence-corrected chi connectivity index (χ1v) is 8.87. The number of rotatable bonds is 5. The van der Waals surface area contributed by atoms with Crippen LogP contribution in [0, 0.1) is 0 Å². The first kappa shape index (κ1) is 18.9. The van der Waals surface area contributed by atoms with Gasteiger partial charge in [0.15, 0.2) is 11.9 Å². The summed E-state index contributed by atoms with van der Waals surface area (Å²) in [5.41, 5.74) is 0.530. The minimum absolute atomic E-state index is 0.243. The Morgan fingerprint density at radius 1 is 1.22 bits per heavy atom. The van der Waals surface area contributed by atoms with Crippen molar-refractivity contribution in [1.29, 1.82) is 0 Å². The topological polar surface area (TPSA) is 72.9 Å². The van der Waals surface area contributed by atoms with Crippen molar-refractivity contribution in [2.45, 2.75) is 20.0 Å². The molecule has 2 aromatic carbocycles. The van der Waals surface area contributed by atoms with Crippen LogP contribution < -0.4 is 9.47 Å². The number of hydrogen-bond donors (Lipinski definition) is 0. The van der Waals surface area contributed by atoms with Gasteiger partial charge in [0.05, 0.1) is 23.7 Å². The lowest BCUT2D eigenvalue weighted by Gasteiger charge is -2.19. The average Bonchev–Trinajstić information content (AvgIpc) is 2.74. The van der Waals surface area contributed by atoms with Crippen LogP contribution in [-0.2, 0) is 4.79 Å². The first-order chi connectivity index (χ1) is 12.9. The largest absolute Gasteiger partial charge is 0.492 e. The Balaban J connectivity index is 1.87. The zero-order chi connectivity index (χ0) is 19.6. The molecule has 7 heteroatoms. The molecule has 27 heavy (non-hydrogen) atoms. The second-order valence-corrected chi connectivity index (χ2v) is 6.39. The quantitative estimate of drug-likeness (QED) is 0.581. The molecule has 0 aliphatic carbocycles. The van der Waals surface area contributed by atoms with E-state index in [0.29, 0.717) is 23.1 Å². The minimum atomic E-state index is -0.880. The summed E-state index contributed by atoms with van der Waals surface area (Å²) in [6.07, 6.45) is -0.880. The first-order valence-electron chi connectivity index (χ1n) is 8.49. The van der Waals surface area contributed by atoms with Crippen LogP contribution in [0.5, 0.6) is 11.5 Å². The molecule has 0 fully saturated rings. The molecule has 1 heterocycles. The summed E-state index contributed by atoms with van der Waals surface area (Å²) in [7, 11) is 0. The number of ketones is 1. The highest BCUT2D eigenvalue weighted by Gasteiger charge is 2.35. The molecule has 1 aliphatic rings. The number of para-hydroxylation sites is 1. The summed E-state index contributed by atoms with van der Waals surface area (Å²) in [5, 5.41) is 0.290. The Morgan fingerprint density at radius 3 is 2.67 bits per heavy atom. The Morgan fingerprint density at radius 2 is 1.96 bits per heavy atom. The van der Waals surface area contributed by atoms with Gasteiger partial charge in [0, 0.05) is 5.56 Å². The summed E-state index contributed by atoms with van der Waals surface area (Å²) < 4.78 is 10.9. The standard InChI is InChI=1S/C20H18ClNO5/c1-3-26-18-9-8-13(10-15(18)21)16(23)11-22-19(24)12(2)27-17-7-5-4-6-14(17)20(22)25/h4-10,12H,3,11H2,1-2H3/t12-/m0/s1. The second-order valence-electron chi connectivity index (χ2n) is 5.99. The third kappa shape index (κ3) is 3.80. The van der Waals surface area contributed by atoms with E-state index in [2.05, 4.69) is 0 Å². The molecule has 0 unspecified atom stereocenters. The summed E-state index contributed by atoms with van der Waals surface area (Å²) in [4.78, 5) is 39.0. The van der Waals surface area contributed by atoms with Crippen molar-refractivity contribution in [2.24, 2.45) is 0 Å². The molecule has 0 bridgehead atoms. The van der Waals surface area contributed by atoms with Gasteiger partial charge >= 0.3 is 0 Å². The molecule has 1 aliphatic heterocycles. The van der Waals surface area contributed by atoms with Crippen LogP contribution in [-0.4, -0.2) is 41.8 Å². The monoisotopic (exact) mass is 387 g/mol. The van der Waals surface area contributed by atoms with Crippen molar-refractivity contribution in [2.75, 3.05) is 13.2 Å². The third-order valence-electron chi connectivity index (χ3n) is 4.14. The van der Waals surface area contributed by atoms with Crippen LogP contribution in [0.2, 0.25) is 5.02 Å². The predicted molar refractivity (Wildman–Crippen MR) is 99.5 cm³/mol. The lowest BCUT2D eigenvalue weighted by molar-refractivity contribution is -0.134. The van der Waals surface area contributed by atoms with Crippen LogP contribution in [0.15, 0.2) is 42.5 Å². The second kappa shape index (κ2) is 7.80. The van der Waals surface area contributed by atoms with Gasteiger partial charge in [-0.05, 0) is 44.2 Å². The summed E-state index contributed by atoms with van der Waals surface area (Å²) >= 11 is 6.12. The van der Waals surface area contributed by atoms with Gasteiger partial charge in [-0.3, -0.25) is 19.3 Å². The van der Waals surface area contributed by atoms with Crippen LogP contribution >= 0.6 is 11.6 Å². The van der Waals surface area contributed by atoms with E-state index in [1.165, 1.54) is 6.07 Å². The average molecular weight is 388 g/mol. The smallest absolute Gasteiger partial charge is 0.270 e. The van der Waals surface area contributed by atoms with E-state index in [1.54, 1.807) is 43.3 Å². The highest BCUT2D eigenvalue weighted by molar-refractivity contribution is 6.32. The van der Waals surface area contributed by atoms with Gasteiger partial charge in [-0.2, -0.15) is 0 Å². The van der Waals surface area contributed by atoms with E-state index in [4.69, 9.17) is 21.1 Å². The Labute approximate surface area is 161 Å². The molecule has 1 atom stereocenters. The van der Waals surface area contributed by atoms with Crippen LogP contribution in [0.3, 0.4) is 0 Å². The Hall–Kier alpha value is -2.86. The number of nitrogens with zero attached hydrogens (tertiary/aromatic N) is 1. The van der Waals surface area contributed by atoms with E-state index in [1.807, 2.05) is 6.92 Å². The molecule has 2 aromatic rings. The van der Waals surface area contributed by atoms with Gasteiger partial charge in [0.2, 0.25) is 0 Å². The lowest BCUT2D eigenvalue weighted by Crippen LogP contribution is -2.44. The fourth-order valence-electron chi connectivity index (χ4n) is 2.78. The number of halogens is 1. The number of carbonyl (C=O) groups is 3. The molecule has 0 aromatic heterocycles. The molecule has 0 radical (unpaired) electrons. The van der Waals surface area contributed by atoms with E-state index in [0.717, 1.165) is 4.90 Å². The minimum Gasteiger partial charge on any atom is -0.492 e. The summed E-state index contributed by atoms with van der Waals surface area (Å²) in [6.45, 7) is 3.42. The number of hydrogen-bond acceptors (Lipinski definition) is 5. The molecular weight excluding hydrogens is 370 g/mol. The van der Waals surface area contributed by atoms with Crippen molar-refractivity contribution in [1.82, 2.24) is 4.90 Å². The zero-order valence-electron chi connectivity index (χ0n) is 14.9. The molecule has 0 saturated heterocycles. The third-order valence-corrected chi connectivity index (χ3v) is 4.43. The summed E-state index contributed by atoms with van der Waals surface area (Å²) in [5.74, 6) is -0.754. The van der Waals surface area contributed by atoms with Crippen LogP contribution in [0.25, 0.3) is 0 Å². The maximum absolute atomic E-state index is 12.8. The van der Waals surface area contributed by atoms with Crippen LogP contribution in [0.1, 0.15) is 34.6 Å². The number of imide groups is 1. The fourth-order valence-corrected chi connectivity index (χ4v) is 3.02. The fraction of sp³-hybridized carbons (Fsp3) is 0.250. The molecule has 0 saturated carbocycles. The van der Waals surface area contributed by atoms with E-state index >= 15 is 0 Å². The zero-order valence-corrected chi connectivity index (χ0v) is 15.7. The number of carbonyl (C=O) groups excluding carboxylic acids is 3. The maximum atomic E-state index is 12.8. The normalized spacial score (nSPS) is 16.4. The number of Topliss-reactive ketones (excluding diaryl/α,β-unsaturated/α-hetero) is 1. The van der Waals surface area contributed by atoms with E-state index in [-0.39, 0.29) is 11.1 Å². The molecule has 2 amide bonds. The number of amides is 2. The molecule has 6 nitrogen and oxygen atoms in total. The number of ether oxygens (including phenoxy) is 2. The molecule has 0 spiro atoms. The molecule has 3 rings (SSSR count).